The Kier molecular flexibility index (Phi) is 4.68. The number of benzene rings is 2. The minimum Gasteiger partial charge on any atom is -0.371 e. The molecule has 1 aliphatic rings. The average molecular weight is 367 g/mol. The number of piperidine rings is 1. The minimum atomic E-state index is 0.700. The fourth-order valence-electron chi connectivity index (χ4n) is 3.62. The number of anilines is 2. The van der Waals surface area contributed by atoms with Crippen LogP contribution in [0.25, 0.3) is 22.3 Å². The van der Waals surface area contributed by atoms with E-state index in [0.717, 1.165) is 41.2 Å². The molecule has 5 heteroatoms. The molecule has 1 saturated heterocycles. The summed E-state index contributed by atoms with van der Waals surface area (Å²) in [6.07, 6.45) is 3.80. The predicted octanol–water partition coefficient (Wildman–Crippen LogP) is 5.01. The fourth-order valence-corrected chi connectivity index (χ4v) is 3.79. The Morgan fingerprint density at radius 2 is 1.73 bits per heavy atom. The van der Waals surface area contributed by atoms with Gasteiger partial charge in [-0.15, -0.1) is 0 Å². The van der Waals surface area contributed by atoms with Crippen molar-refractivity contribution in [2.75, 3.05) is 37.0 Å². The van der Waals surface area contributed by atoms with Gasteiger partial charge in [-0.1, -0.05) is 23.7 Å². The van der Waals surface area contributed by atoms with Crippen molar-refractivity contribution >= 4 is 34.0 Å². The van der Waals surface area contributed by atoms with Crippen LogP contribution in [0.3, 0.4) is 0 Å². The van der Waals surface area contributed by atoms with Gasteiger partial charge in [0.15, 0.2) is 5.82 Å². The molecule has 0 N–H and O–H groups in total. The van der Waals surface area contributed by atoms with Gasteiger partial charge in [-0.25, -0.2) is 9.97 Å². The number of nitrogens with zero attached hydrogens (tertiary/aromatic N) is 4. The maximum Gasteiger partial charge on any atom is 0.164 e. The molecule has 4 rings (SSSR count). The zero-order valence-electron chi connectivity index (χ0n) is 15.2. The molecule has 0 atom stereocenters. The summed E-state index contributed by atoms with van der Waals surface area (Å²) in [5, 5.41) is 1.67. The first-order chi connectivity index (χ1) is 12.6. The molecular weight excluding hydrogens is 344 g/mol. The van der Waals surface area contributed by atoms with Crippen molar-refractivity contribution in [3.05, 3.63) is 47.5 Å². The van der Waals surface area contributed by atoms with Crippen LogP contribution in [0.15, 0.2) is 42.5 Å². The summed E-state index contributed by atoms with van der Waals surface area (Å²) >= 11 is 6.20. The summed E-state index contributed by atoms with van der Waals surface area (Å²) < 4.78 is 0. The summed E-state index contributed by atoms with van der Waals surface area (Å²) in [7, 11) is 4.01. The predicted molar refractivity (Wildman–Crippen MR) is 110 cm³/mol. The van der Waals surface area contributed by atoms with Crippen molar-refractivity contribution in [3.63, 3.8) is 0 Å². The monoisotopic (exact) mass is 366 g/mol. The van der Waals surface area contributed by atoms with Crippen molar-refractivity contribution in [3.8, 4) is 11.4 Å². The van der Waals surface area contributed by atoms with E-state index in [4.69, 9.17) is 21.6 Å². The van der Waals surface area contributed by atoms with E-state index >= 15 is 0 Å². The summed E-state index contributed by atoms with van der Waals surface area (Å²) in [6.45, 7) is 2.20. The quantitative estimate of drug-likeness (QED) is 0.652. The van der Waals surface area contributed by atoms with Gasteiger partial charge in [0.25, 0.3) is 0 Å². The molecule has 3 aromatic rings. The van der Waals surface area contributed by atoms with Crippen LogP contribution in [0.4, 0.5) is 11.5 Å². The second kappa shape index (κ2) is 7.12. The van der Waals surface area contributed by atoms with E-state index in [-0.39, 0.29) is 0 Å². The minimum absolute atomic E-state index is 0.700. The van der Waals surface area contributed by atoms with Gasteiger partial charge in [0.05, 0.1) is 5.52 Å². The van der Waals surface area contributed by atoms with Crippen LogP contribution in [0.5, 0.6) is 0 Å². The highest BCUT2D eigenvalue weighted by atomic mass is 35.5. The van der Waals surface area contributed by atoms with Crippen molar-refractivity contribution in [2.24, 2.45) is 0 Å². The van der Waals surface area contributed by atoms with Gasteiger partial charge in [-0.3, -0.25) is 0 Å². The van der Waals surface area contributed by atoms with E-state index in [1.54, 1.807) is 0 Å². The Morgan fingerprint density at radius 3 is 2.50 bits per heavy atom. The van der Waals surface area contributed by atoms with Crippen LogP contribution in [0, 0.1) is 0 Å². The highest BCUT2D eigenvalue weighted by molar-refractivity contribution is 6.31. The van der Waals surface area contributed by atoms with E-state index in [0.29, 0.717) is 5.02 Å². The Hall–Kier alpha value is -2.33. The van der Waals surface area contributed by atoms with Crippen LogP contribution in [0.1, 0.15) is 19.3 Å². The number of hydrogen-bond acceptors (Lipinski definition) is 4. The first-order valence-corrected chi connectivity index (χ1v) is 9.50. The Bertz CT molecular complexity index is 932. The van der Waals surface area contributed by atoms with E-state index < -0.39 is 0 Å². The molecule has 2 heterocycles. The summed E-state index contributed by atoms with van der Waals surface area (Å²) in [6, 6.07) is 14.3. The van der Waals surface area contributed by atoms with Gasteiger partial charge < -0.3 is 9.80 Å². The molecule has 0 spiro atoms. The summed E-state index contributed by atoms with van der Waals surface area (Å²) in [4.78, 5) is 14.2. The maximum atomic E-state index is 6.20. The Labute approximate surface area is 159 Å². The van der Waals surface area contributed by atoms with Gasteiger partial charge >= 0.3 is 0 Å². The first-order valence-electron chi connectivity index (χ1n) is 9.12. The molecule has 1 fully saturated rings. The molecule has 0 saturated carbocycles. The highest BCUT2D eigenvalue weighted by Crippen LogP contribution is 2.34. The Morgan fingerprint density at radius 1 is 0.962 bits per heavy atom. The molecule has 26 heavy (non-hydrogen) atoms. The number of hydrogen-bond donors (Lipinski definition) is 0. The molecule has 134 valence electrons. The van der Waals surface area contributed by atoms with Crippen LogP contribution < -0.4 is 9.80 Å². The average Bonchev–Trinajstić information content (AvgIpc) is 2.67. The zero-order valence-corrected chi connectivity index (χ0v) is 16.0. The number of fused-ring (bicyclic) bond motifs is 1. The van der Waals surface area contributed by atoms with Gasteiger partial charge in [0.1, 0.15) is 5.82 Å². The van der Waals surface area contributed by atoms with Crippen molar-refractivity contribution in [2.45, 2.75) is 19.3 Å². The topological polar surface area (TPSA) is 32.3 Å². The second-order valence-corrected chi connectivity index (χ2v) is 7.43. The highest BCUT2D eigenvalue weighted by Gasteiger charge is 2.18. The fraction of sp³-hybridized carbons (Fsp3) is 0.333. The molecule has 0 unspecified atom stereocenters. The Balaban J connectivity index is 1.88. The van der Waals surface area contributed by atoms with Gasteiger partial charge in [-0.2, -0.15) is 0 Å². The van der Waals surface area contributed by atoms with E-state index in [9.17, 15) is 0 Å². The third-order valence-electron chi connectivity index (χ3n) is 4.90. The largest absolute Gasteiger partial charge is 0.371 e. The van der Waals surface area contributed by atoms with Crippen LogP contribution in [0.2, 0.25) is 5.02 Å². The lowest BCUT2D eigenvalue weighted by atomic mass is 10.1. The number of para-hydroxylation sites is 1. The lowest BCUT2D eigenvalue weighted by Gasteiger charge is -2.30. The zero-order chi connectivity index (χ0) is 18.1. The van der Waals surface area contributed by atoms with E-state index in [2.05, 4.69) is 29.2 Å². The lowest BCUT2D eigenvalue weighted by molar-refractivity contribution is 0.578. The SMILES string of the molecule is CN(C)c1nc(-c2ccccc2N2CCCCC2)nc2ccc(Cl)cc12. The molecule has 1 aliphatic heterocycles. The maximum absolute atomic E-state index is 6.20. The number of halogens is 1. The second-order valence-electron chi connectivity index (χ2n) is 6.99. The lowest BCUT2D eigenvalue weighted by Crippen LogP contribution is -2.29. The molecule has 0 aliphatic carbocycles. The van der Waals surface area contributed by atoms with Crippen molar-refractivity contribution < 1.29 is 0 Å². The van der Waals surface area contributed by atoms with Crippen LogP contribution >= 0.6 is 11.6 Å². The third-order valence-corrected chi connectivity index (χ3v) is 5.14. The van der Waals surface area contributed by atoms with Crippen molar-refractivity contribution in [1.82, 2.24) is 9.97 Å². The number of aromatic nitrogens is 2. The summed E-state index contributed by atoms with van der Waals surface area (Å²) in [5.41, 5.74) is 3.23. The molecule has 1 aromatic heterocycles. The molecular formula is C21H23ClN4. The number of rotatable bonds is 3. The smallest absolute Gasteiger partial charge is 0.164 e. The standard InChI is InChI=1S/C21H23ClN4/c1-25(2)21-17-14-15(22)10-11-18(17)23-20(24-21)16-8-4-5-9-19(16)26-12-6-3-7-13-26/h4-5,8-11,14H,3,6-7,12-13H2,1-2H3. The van der Waals surface area contributed by atoms with Gasteiger partial charge in [0.2, 0.25) is 0 Å². The van der Waals surface area contributed by atoms with Crippen LogP contribution in [-0.2, 0) is 0 Å². The molecule has 2 aromatic carbocycles. The van der Waals surface area contributed by atoms with E-state index in [1.165, 1.54) is 24.9 Å². The van der Waals surface area contributed by atoms with Gasteiger partial charge in [-0.05, 0) is 49.6 Å². The first kappa shape index (κ1) is 17.1. The van der Waals surface area contributed by atoms with Crippen molar-refractivity contribution in [1.29, 1.82) is 0 Å². The van der Waals surface area contributed by atoms with E-state index in [1.807, 2.05) is 37.2 Å². The third kappa shape index (κ3) is 3.21. The molecule has 0 amide bonds. The van der Waals surface area contributed by atoms with Gasteiger partial charge in [0, 0.05) is 48.8 Å². The molecule has 0 radical (unpaired) electrons. The normalized spacial score (nSPS) is 14.7. The summed E-state index contributed by atoms with van der Waals surface area (Å²) in [5.74, 6) is 1.66. The van der Waals surface area contributed by atoms with Crippen LogP contribution in [-0.4, -0.2) is 37.2 Å². The molecule has 0 bridgehead atoms. The molecule has 4 nitrogen and oxygen atoms in total.